The summed E-state index contributed by atoms with van der Waals surface area (Å²) in [5, 5.41) is 11.8. The predicted molar refractivity (Wildman–Crippen MR) is 67.1 cm³/mol. The van der Waals surface area contributed by atoms with Crippen molar-refractivity contribution in [2.24, 2.45) is 17.8 Å². The highest BCUT2D eigenvalue weighted by Crippen LogP contribution is 2.19. The molecule has 5 nitrogen and oxygen atoms in total. The predicted octanol–water partition coefficient (Wildman–Crippen LogP) is 1.27. The van der Waals surface area contributed by atoms with Crippen molar-refractivity contribution in [3.63, 3.8) is 0 Å². The van der Waals surface area contributed by atoms with E-state index in [9.17, 15) is 9.59 Å². The van der Waals surface area contributed by atoms with E-state index in [1.54, 1.807) is 0 Å². The summed E-state index contributed by atoms with van der Waals surface area (Å²) in [5.41, 5.74) is 0. The molecule has 0 aromatic carbocycles. The fourth-order valence-corrected chi connectivity index (χ4v) is 2.21. The Balaban J connectivity index is 2.37. The third-order valence-corrected chi connectivity index (χ3v) is 3.20. The molecule has 3 unspecified atom stereocenters. The van der Waals surface area contributed by atoms with Gasteiger partial charge < -0.3 is 15.2 Å². The van der Waals surface area contributed by atoms with Crippen molar-refractivity contribution in [3.05, 3.63) is 0 Å². The van der Waals surface area contributed by atoms with Gasteiger partial charge in [-0.2, -0.15) is 0 Å². The summed E-state index contributed by atoms with van der Waals surface area (Å²) in [6, 6.07) is 0. The first kappa shape index (κ1) is 15.0. The monoisotopic (exact) mass is 257 g/mol. The van der Waals surface area contributed by atoms with Gasteiger partial charge in [-0.05, 0) is 25.7 Å². The number of carboxylic acids is 1. The first-order valence-electron chi connectivity index (χ1n) is 6.52. The summed E-state index contributed by atoms with van der Waals surface area (Å²) in [4.78, 5) is 22.9. The maximum Gasteiger partial charge on any atom is 0.308 e. The van der Waals surface area contributed by atoms with Gasteiger partial charge in [-0.25, -0.2) is 0 Å². The van der Waals surface area contributed by atoms with Gasteiger partial charge in [0.1, 0.15) is 0 Å². The molecule has 2 N–H and O–H groups in total. The van der Waals surface area contributed by atoms with E-state index < -0.39 is 11.9 Å². The SMILES string of the molecule is CC(C)CC(CNC(=O)C1COC(C)C1)C(=O)O. The summed E-state index contributed by atoms with van der Waals surface area (Å²) >= 11 is 0. The van der Waals surface area contributed by atoms with Gasteiger partial charge in [0.25, 0.3) is 0 Å². The molecule has 1 fully saturated rings. The van der Waals surface area contributed by atoms with Crippen LogP contribution in [0.5, 0.6) is 0 Å². The van der Waals surface area contributed by atoms with Gasteiger partial charge in [-0.1, -0.05) is 13.8 Å². The Kier molecular flexibility index (Phi) is 5.59. The summed E-state index contributed by atoms with van der Waals surface area (Å²) in [6.07, 6.45) is 1.41. The Labute approximate surface area is 108 Å². The van der Waals surface area contributed by atoms with Crippen molar-refractivity contribution in [2.45, 2.75) is 39.7 Å². The molecule has 1 rings (SSSR count). The topological polar surface area (TPSA) is 75.6 Å². The van der Waals surface area contributed by atoms with Crippen LogP contribution in [0.3, 0.4) is 0 Å². The molecule has 0 aromatic rings. The molecular formula is C13H23NO4. The van der Waals surface area contributed by atoms with E-state index in [0.717, 1.165) is 0 Å². The second-order valence-electron chi connectivity index (χ2n) is 5.49. The van der Waals surface area contributed by atoms with Crippen molar-refractivity contribution in [1.29, 1.82) is 0 Å². The average Bonchev–Trinajstić information content (AvgIpc) is 2.69. The van der Waals surface area contributed by atoms with Crippen molar-refractivity contribution in [2.75, 3.05) is 13.2 Å². The Morgan fingerprint density at radius 1 is 1.44 bits per heavy atom. The van der Waals surface area contributed by atoms with Crippen molar-refractivity contribution < 1.29 is 19.4 Å². The van der Waals surface area contributed by atoms with Crippen LogP contribution in [0.4, 0.5) is 0 Å². The molecule has 0 aromatic heterocycles. The third kappa shape index (κ3) is 4.64. The van der Waals surface area contributed by atoms with Crippen LogP contribution < -0.4 is 5.32 Å². The molecule has 3 atom stereocenters. The molecule has 0 saturated carbocycles. The number of ether oxygens (including phenoxy) is 1. The number of hydrogen-bond donors (Lipinski definition) is 2. The van der Waals surface area contributed by atoms with E-state index in [1.165, 1.54) is 0 Å². The van der Waals surface area contributed by atoms with Gasteiger partial charge in [0.2, 0.25) is 5.91 Å². The number of carboxylic acid groups (broad SMARTS) is 1. The first-order valence-corrected chi connectivity index (χ1v) is 6.52. The first-order chi connectivity index (χ1) is 8.40. The van der Waals surface area contributed by atoms with Gasteiger partial charge >= 0.3 is 5.97 Å². The number of hydrogen-bond acceptors (Lipinski definition) is 3. The van der Waals surface area contributed by atoms with Gasteiger partial charge in [-0.15, -0.1) is 0 Å². The molecule has 0 aliphatic carbocycles. The second kappa shape index (κ2) is 6.73. The number of carbonyl (C=O) groups is 2. The quantitative estimate of drug-likeness (QED) is 0.751. The summed E-state index contributed by atoms with van der Waals surface area (Å²) in [5.74, 6) is -1.27. The molecule has 18 heavy (non-hydrogen) atoms. The van der Waals surface area contributed by atoms with Crippen LogP contribution in [0.25, 0.3) is 0 Å². The minimum Gasteiger partial charge on any atom is -0.481 e. The largest absolute Gasteiger partial charge is 0.481 e. The lowest BCUT2D eigenvalue weighted by atomic mass is 9.96. The number of carbonyl (C=O) groups excluding carboxylic acids is 1. The van der Waals surface area contributed by atoms with E-state index in [-0.39, 0.29) is 24.5 Å². The Morgan fingerprint density at radius 3 is 2.56 bits per heavy atom. The molecule has 0 spiro atoms. The van der Waals surface area contributed by atoms with Crippen molar-refractivity contribution in [3.8, 4) is 0 Å². The molecule has 1 aliphatic rings. The van der Waals surface area contributed by atoms with Crippen LogP contribution in [-0.2, 0) is 14.3 Å². The Hall–Kier alpha value is -1.10. The van der Waals surface area contributed by atoms with Crippen LogP contribution >= 0.6 is 0 Å². The summed E-state index contributed by atoms with van der Waals surface area (Å²) in [6.45, 7) is 6.53. The van der Waals surface area contributed by atoms with Gasteiger partial charge in [0.05, 0.1) is 24.5 Å². The zero-order valence-corrected chi connectivity index (χ0v) is 11.3. The fourth-order valence-electron chi connectivity index (χ4n) is 2.21. The average molecular weight is 257 g/mol. The maximum atomic E-state index is 11.8. The minimum absolute atomic E-state index is 0.0886. The molecule has 0 bridgehead atoms. The highest BCUT2D eigenvalue weighted by atomic mass is 16.5. The second-order valence-corrected chi connectivity index (χ2v) is 5.49. The van der Waals surface area contributed by atoms with E-state index >= 15 is 0 Å². The number of nitrogens with one attached hydrogen (secondary N) is 1. The highest BCUT2D eigenvalue weighted by molar-refractivity contribution is 5.80. The normalized spacial score (nSPS) is 25.1. The highest BCUT2D eigenvalue weighted by Gasteiger charge is 2.29. The number of amides is 1. The Morgan fingerprint density at radius 2 is 2.11 bits per heavy atom. The minimum atomic E-state index is -0.847. The van der Waals surface area contributed by atoms with Crippen LogP contribution in [0, 0.1) is 17.8 Å². The fraction of sp³-hybridized carbons (Fsp3) is 0.846. The van der Waals surface area contributed by atoms with Crippen LogP contribution in [0.2, 0.25) is 0 Å². The maximum absolute atomic E-state index is 11.8. The lowest BCUT2D eigenvalue weighted by Gasteiger charge is -2.16. The standard InChI is InChI=1S/C13H23NO4/c1-8(2)4-10(13(16)17)6-14-12(15)11-5-9(3)18-7-11/h8-11H,4-7H2,1-3H3,(H,14,15)(H,16,17). The van der Waals surface area contributed by atoms with Crippen LogP contribution in [-0.4, -0.2) is 36.2 Å². The van der Waals surface area contributed by atoms with Crippen LogP contribution in [0.1, 0.15) is 33.6 Å². The van der Waals surface area contributed by atoms with Gasteiger partial charge in [-0.3, -0.25) is 9.59 Å². The van der Waals surface area contributed by atoms with Crippen LogP contribution in [0.15, 0.2) is 0 Å². The zero-order chi connectivity index (χ0) is 13.7. The number of rotatable bonds is 6. The smallest absolute Gasteiger partial charge is 0.308 e. The third-order valence-electron chi connectivity index (χ3n) is 3.20. The van der Waals surface area contributed by atoms with Gasteiger partial charge in [0, 0.05) is 6.54 Å². The van der Waals surface area contributed by atoms with E-state index in [1.807, 2.05) is 20.8 Å². The van der Waals surface area contributed by atoms with Crippen molar-refractivity contribution >= 4 is 11.9 Å². The van der Waals surface area contributed by atoms with E-state index in [0.29, 0.717) is 25.4 Å². The van der Waals surface area contributed by atoms with E-state index in [4.69, 9.17) is 9.84 Å². The summed E-state index contributed by atoms with van der Waals surface area (Å²) in [7, 11) is 0. The molecule has 1 saturated heterocycles. The molecule has 1 amide bonds. The molecule has 104 valence electrons. The Bertz CT molecular complexity index is 303. The lowest BCUT2D eigenvalue weighted by Crippen LogP contribution is -2.37. The lowest BCUT2D eigenvalue weighted by molar-refractivity contribution is -0.142. The molecular weight excluding hydrogens is 234 g/mol. The van der Waals surface area contributed by atoms with E-state index in [2.05, 4.69) is 5.32 Å². The van der Waals surface area contributed by atoms with Crippen molar-refractivity contribution in [1.82, 2.24) is 5.32 Å². The van der Waals surface area contributed by atoms with Gasteiger partial charge in [0.15, 0.2) is 0 Å². The molecule has 5 heteroatoms. The zero-order valence-electron chi connectivity index (χ0n) is 11.3. The molecule has 1 aliphatic heterocycles. The molecule has 1 heterocycles. The summed E-state index contributed by atoms with van der Waals surface area (Å²) < 4.78 is 5.33. The molecule has 0 radical (unpaired) electrons. The number of aliphatic carboxylic acids is 1.